The van der Waals surface area contributed by atoms with E-state index in [2.05, 4.69) is 42.4 Å². The number of rotatable bonds is 6. The first-order chi connectivity index (χ1) is 10.2. The van der Waals surface area contributed by atoms with E-state index in [1.165, 1.54) is 5.39 Å². The molecule has 21 heavy (non-hydrogen) atoms. The van der Waals surface area contributed by atoms with Crippen LogP contribution in [0.2, 0.25) is 0 Å². The third-order valence-electron chi connectivity index (χ3n) is 3.39. The monoisotopic (exact) mass is 285 g/mol. The van der Waals surface area contributed by atoms with Crippen LogP contribution in [0.15, 0.2) is 47.5 Å². The predicted octanol–water partition coefficient (Wildman–Crippen LogP) is 2.92. The van der Waals surface area contributed by atoms with E-state index in [9.17, 15) is 0 Å². The molecular weight excluding hydrogens is 262 g/mol. The molecule has 0 spiro atoms. The van der Waals surface area contributed by atoms with Gasteiger partial charge in [0.05, 0.1) is 6.54 Å². The van der Waals surface area contributed by atoms with Crippen LogP contribution in [0.5, 0.6) is 5.75 Å². The second-order valence-electron chi connectivity index (χ2n) is 5.05. The Balaban J connectivity index is 1.89. The van der Waals surface area contributed by atoms with Crippen molar-refractivity contribution < 1.29 is 4.74 Å². The van der Waals surface area contributed by atoms with Gasteiger partial charge >= 0.3 is 0 Å². The van der Waals surface area contributed by atoms with Crippen molar-refractivity contribution in [2.45, 2.75) is 26.3 Å². The number of aliphatic imine (C=N–C) groups is 1. The maximum atomic E-state index is 5.81. The van der Waals surface area contributed by atoms with Crippen LogP contribution < -0.4 is 15.8 Å². The van der Waals surface area contributed by atoms with E-state index in [1.54, 1.807) is 0 Å². The lowest BCUT2D eigenvalue weighted by Crippen LogP contribution is -2.38. The summed E-state index contributed by atoms with van der Waals surface area (Å²) >= 11 is 0. The third kappa shape index (κ3) is 4.38. The van der Waals surface area contributed by atoms with E-state index in [4.69, 9.17) is 10.5 Å². The highest BCUT2D eigenvalue weighted by molar-refractivity contribution is 5.88. The van der Waals surface area contributed by atoms with Crippen molar-refractivity contribution in [2.75, 3.05) is 13.2 Å². The van der Waals surface area contributed by atoms with Gasteiger partial charge in [-0.2, -0.15) is 0 Å². The molecule has 0 aliphatic rings. The molecule has 0 aliphatic carbocycles. The number of nitrogens with zero attached hydrogens (tertiary/aromatic N) is 1. The van der Waals surface area contributed by atoms with E-state index in [0.29, 0.717) is 25.2 Å². The topological polar surface area (TPSA) is 59.6 Å². The van der Waals surface area contributed by atoms with Gasteiger partial charge in [0.15, 0.2) is 5.96 Å². The van der Waals surface area contributed by atoms with Crippen LogP contribution in [0.3, 0.4) is 0 Å². The fourth-order valence-corrected chi connectivity index (χ4v) is 2.04. The number of hydrogen-bond acceptors (Lipinski definition) is 2. The number of hydrogen-bond donors (Lipinski definition) is 2. The van der Waals surface area contributed by atoms with E-state index in [-0.39, 0.29) is 0 Å². The number of benzene rings is 2. The molecule has 2 aromatic rings. The zero-order valence-corrected chi connectivity index (χ0v) is 12.7. The van der Waals surface area contributed by atoms with Gasteiger partial charge in [0, 0.05) is 11.4 Å². The van der Waals surface area contributed by atoms with Gasteiger partial charge in [-0.15, -0.1) is 0 Å². The van der Waals surface area contributed by atoms with Gasteiger partial charge < -0.3 is 15.8 Å². The molecule has 1 atom stereocenters. The SMILES string of the molecule is CCC(C)NC(N)=NCCOc1cccc2ccccc12. The average molecular weight is 285 g/mol. The highest BCUT2D eigenvalue weighted by Gasteiger charge is 2.01. The zero-order chi connectivity index (χ0) is 15.1. The van der Waals surface area contributed by atoms with Gasteiger partial charge in [-0.1, -0.05) is 43.3 Å². The van der Waals surface area contributed by atoms with Crippen molar-refractivity contribution in [3.05, 3.63) is 42.5 Å². The Morgan fingerprint density at radius 3 is 2.81 bits per heavy atom. The minimum atomic E-state index is 0.340. The molecule has 4 nitrogen and oxygen atoms in total. The molecule has 0 aliphatic heterocycles. The molecule has 1 unspecified atom stereocenters. The van der Waals surface area contributed by atoms with Crippen molar-refractivity contribution in [3.63, 3.8) is 0 Å². The predicted molar refractivity (Wildman–Crippen MR) is 88.8 cm³/mol. The Bertz CT molecular complexity index is 605. The highest BCUT2D eigenvalue weighted by Crippen LogP contribution is 2.24. The van der Waals surface area contributed by atoms with Crippen LogP contribution in [-0.4, -0.2) is 25.2 Å². The summed E-state index contributed by atoms with van der Waals surface area (Å²) in [7, 11) is 0. The van der Waals surface area contributed by atoms with E-state index in [0.717, 1.165) is 17.6 Å². The lowest BCUT2D eigenvalue weighted by atomic mass is 10.1. The number of nitrogens with two attached hydrogens (primary N) is 1. The molecule has 2 rings (SSSR count). The summed E-state index contributed by atoms with van der Waals surface area (Å²) in [5.74, 6) is 1.36. The van der Waals surface area contributed by atoms with Gasteiger partial charge in [-0.25, -0.2) is 4.99 Å². The molecule has 2 aromatic carbocycles. The van der Waals surface area contributed by atoms with Crippen molar-refractivity contribution in [3.8, 4) is 5.75 Å². The zero-order valence-electron chi connectivity index (χ0n) is 12.7. The van der Waals surface area contributed by atoms with Crippen molar-refractivity contribution in [1.29, 1.82) is 0 Å². The van der Waals surface area contributed by atoms with Crippen molar-refractivity contribution >= 4 is 16.7 Å². The quantitative estimate of drug-likeness (QED) is 0.487. The standard InChI is InChI=1S/C17H23N3O/c1-3-13(2)20-17(18)19-11-12-21-16-10-6-8-14-7-4-5-9-15(14)16/h4-10,13H,3,11-12H2,1-2H3,(H3,18,19,20). The molecular formula is C17H23N3O. The first-order valence-corrected chi connectivity index (χ1v) is 7.37. The normalized spacial score (nSPS) is 13.1. The van der Waals surface area contributed by atoms with Crippen molar-refractivity contribution in [2.24, 2.45) is 10.7 Å². The Hall–Kier alpha value is -2.23. The largest absolute Gasteiger partial charge is 0.491 e. The molecule has 0 saturated carbocycles. The fourth-order valence-electron chi connectivity index (χ4n) is 2.04. The number of fused-ring (bicyclic) bond motifs is 1. The summed E-state index contributed by atoms with van der Waals surface area (Å²) in [5, 5.41) is 5.43. The van der Waals surface area contributed by atoms with Gasteiger partial charge in [0.1, 0.15) is 12.4 Å². The number of ether oxygens (including phenoxy) is 1. The summed E-state index contributed by atoms with van der Waals surface area (Å²) < 4.78 is 5.81. The van der Waals surface area contributed by atoms with Crippen LogP contribution in [0.25, 0.3) is 10.8 Å². The van der Waals surface area contributed by atoms with Crippen molar-refractivity contribution in [1.82, 2.24) is 5.32 Å². The minimum Gasteiger partial charge on any atom is -0.491 e. The van der Waals surface area contributed by atoms with E-state index in [1.807, 2.05) is 24.3 Å². The minimum absolute atomic E-state index is 0.340. The lowest BCUT2D eigenvalue weighted by molar-refractivity contribution is 0.332. The van der Waals surface area contributed by atoms with E-state index < -0.39 is 0 Å². The Labute approximate surface area is 126 Å². The molecule has 0 saturated heterocycles. The smallest absolute Gasteiger partial charge is 0.188 e. The number of nitrogens with one attached hydrogen (secondary N) is 1. The molecule has 0 bridgehead atoms. The summed E-state index contributed by atoms with van der Waals surface area (Å²) in [6.07, 6.45) is 1.02. The maximum absolute atomic E-state index is 5.81. The van der Waals surface area contributed by atoms with Crippen LogP contribution in [0.1, 0.15) is 20.3 Å². The molecule has 3 N–H and O–H groups in total. The van der Waals surface area contributed by atoms with E-state index >= 15 is 0 Å². The summed E-state index contributed by atoms with van der Waals surface area (Å²) in [6.45, 7) is 5.24. The second kappa shape index (κ2) is 7.53. The maximum Gasteiger partial charge on any atom is 0.188 e. The summed E-state index contributed by atoms with van der Waals surface area (Å²) in [5.41, 5.74) is 5.80. The fraction of sp³-hybridized carbons (Fsp3) is 0.353. The first-order valence-electron chi connectivity index (χ1n) is 7.37. The third-order valence-corrected chi connectivity index (χ3v) is 3.39. The summed E-state index contributed by atoms with van der Waals surface area (Å²) in [4.78, 5) is 4.27. The average Bonchev–Trinajstić information content (AvgIpc) is 2.51. The lowest BCUT2D eigenvalue weighted by Gasteiger charge is -2.12. The second-order valence-corrected chi connectivity index (χ2v) is 5.05. The van der Waals surface area contributed by atoms with Gasteiger partial charge in [-0.05, 0) is 24.8 Å². The molecule has 4 heteroatoms. The van der Waals surface area contributed by atoms with Crippen LogP contribution in [-0.2, 0) is 0 Å². The Morgan fingerprint density at radius 2 is 2.00 bits per heavy atom. The number of guanidine groups is 1. The molecule has 0 aromatic heterocycles. The molecule has 0 radical (unpaired) electrons. The van der Waals surface area contributed by atoms with Crippen LogP contribution in [0.4, 0.5) is 0 Å². The highest BCUT2D eigenvalue weighted by atomic mass is 16.5. The first kappa shape index (κ1) is 15.2. The summed E-state index contributed by atoms with van der Waals surface area (Å²) in [6, 6.07) is 14.6. The molecule has 0 amide bonds. The van der Waals surface area contributed by atoms with Gasteiger partial charge in [0.2, 0.25) is 0 Å². The molecule has 0 fully saturated rings. The van der Waals surface area contributed by atoms with Crippen LogP contribution >= 0.6 is 0 Å². The van der Waals surface area contributed by atoms with Gasteiger partial charge in [-0.3, -0.25) is 0 Å². The van der Waals surface area contributed by atoms with Crippen LogP contribution in [0, 0.1) is 0 Å². The molecule has 0 heterocycles. The molecule has 112 valence electrons. The Morgan fingerprint density at radius 1 is 1.24 bits per heavy atom. The Kier molecular flexibility index (Phi) is 5.43. The van der Waals surface area contributed by atoms with Gasteiger partial charge in [0.25, 0.3) is 0 Å².